The second-order valence-electron chi connectivity index (χ2n) is 2.60. The van der Waals surface area contributed by atoms with Crippen LogP contribution >= 0.6 is 0 Å². The van der Waals surface area contributed by atoms with Gasteiger partial charge in [0.2, 0.25) is 5.90 Å². The molecule has 0 aromatic rings. The Morgan fingerprint density at radius 1 is 1.62 bits per heavy atom. The van der Waals surface area contributed by atoms with Gasteiger partial charge in [-0.25, -0.2) is 4.99 Å². The monoisotopic (exact) mass is 179 g/mol. The quantitative estimate of drug-likeness (QED) is 0.531. The molecule has 1 aliphatic heterocycles. The van der Waals surface area contributed by atoms with Crippen LogP contribution in [0.5, 0.6) is 0 Å². The molecule has 70 valence electrons. The van der Waals surface area contributed by atoms with Crippen molar-refractivity contribution < 1.29 is 9.84 Å². The molecule has 0 aromatic heterocycles. The molecule has 0 radical (unpaired) electrons. The van der Waals surface area contributed by atoms with Gasteiger partial charge in [-0.1, -0.05) is 12.7 Å². The van der Waals surface area contributed by atoms with Gasteiger partial charge in [-0.15, -0.1) is 0 Å². The first-order chi connectivity index (χ1) is 6.24. The zero-order valence-corrected chi connectivity index (χ0v) is 7.66. The van der Waals surface area contributed by atoms with E-state index in [0.717, 1.165) is 5.57 Å². The van der Waals surface area contributed by atoms with Crippen molar-refractivity contribution in [3.8, 4) is 0 Å². The van der Waals surface area contributed by atoms with Gasteiger partial charge in [0.05, 0.1) is 6.54 Å². The van der Waals surface area contributed by atoms with Gasteiger partial charge in [-0.05, 0) is 19.1 Å². The van der Waals surface area contributed by atoms with E-state index in [1.54, 1.807) is 6.08 Å². The van der Waals surface area contributed by atoms with E-state index in [9.17, 15) is 0 Å². The highest BCUT2D eigenvalue weighted by atomic mass is 16.5. The molecule has 1 aliphatic rings. The molecule has 0 aliphatic carbocycles. The highest BCUT2D eigenvalue weighted by Gasteiger charge is 2.09. The Hall–Kier alpha value is -1.51. The molecule has 0 saturated carbocycles. The van der Waals surface area contributed by atoms with Gasteiger partial charge in [-0.3, -0.25) is 0 Å². The third-order valence-electron chi connectivity index (χ3n) is 1.60. The predicted octanol–water partition coefficient (Wildman–Crippen LogP) is 1.99. The van der Waals surface area contributed by atoms with Crippen LogP contribution < -0.4 is 0 Å². The molecule has 1 N–H and O–H groups in total. The number of hydrogen-bond donors (Lipinski definition) is 1. The average Bonchev–Trinajstić information content (AvgIpc) is 2.58. The molecule has 0 aromatic carbocycles. The van der Waals surface area contributed by atoms with Gasteiger partial charge in [0.1, 0.15) is 12.4 Å². The van der Waals surface area contributed by atoms with Crippen LogP contribution in [0.25, 0.3) is 0 Å². The standard InChI is InChI=1S/C10H13NO2/c1-3-9(5-4-8(2)12)10-11-6-7-13-10/h3-5,12H,2,6-7H2,1H3/b5-4-,9-3+. The van der Waals surface area contributed by atoms with Crippen LogP contribution in [0.15, 0.2) is 41.1 Å². The topological polar surface area (TPSA) is 41.8 Å². The molecule has 0 amide bonds. The summed E-state index contributed by atoms with van der Waals surface area (Å²) < 4.78 is 5.26. The number of aliphatic hydroxyl groups excluding tert-OH is 1. The molecule has 0 fully saturated rings. The summed E-state index contributed by atoms with van der Waals surface area (Å²) in [6.45, 7) is 6.59. The lowest BCUT2D eigenvalue weighted by atomic mass is 10.2. The summed E-state index contributed by atoms with van der Waals surface area (Å²) in [4.78, 5) is 4.15. The van der Waals surface area contributed by atoms with Crippen LogP contribution in [0.2, 0.25) is 0 Å². The van der Waals surface area contributed by atoms with E-state index in [-0.39, 0.29) is 5.76 Å². The molecule has 1 rings (SSSR count). The van der Waals surface area contributed by atoms with E-state index in [1.807, 2.05) is 13.0 Å². The Morgan fingerprint density at radius 2 is 2.38 bits per heavy atom. The molecule has 0 bridgehead atoms. The zero-order chi connectivity index (χ0) is 9.68. The summed E-state index contributed by atoms with van der Waals surface area (Å²) in [6, 6.07) is 0. The minimum Gasteiger partial charge on any atom is -0.509 e. The summed E-state index contributed by atoms with van der Waals surface area (Å²) >= 11 is 0. The summed E-state index contributed by atoms with van der Waals surface area (Å²) in [7, 11) is 0. The third kappa shape index (κ3) is 2.78. The van der Waals surface area contributed by atoms with Gasteiger partial charge in [0.15, 0.2) is 0 Å². The van der Waals surface area contributed by atoms with Gasteiger partial charge in [-0.2, -0.15) is 0 Å². The van der Waals surface area contributed by atoms with Crippen molar-refractivity contribution in [1.82, 2.24) is 0 Å². The van der Waals surface area contributed by atoms with Crippen molar-refractivity contribution in [2.24, 2.45) is 4.99 Å². The number of rotatable bonds is 3. The fraction of sp³-hybridized carbons (Fsp3) is 0.300. The minimum absolute atomic E-state index is 0.0259. The largest absolute Gasteiger partial charge is 0.509 e. The Bertz CT molecular complexity index is 287. The second kappa shape index (κ2) is 4.50. The highest BCUT2D eigenvalue weighted by molar-refractivity contribution is 5.97. The smallest absolute Gasteiger partial charge is 0.215 e. The fourth-order valence-corrected chi connectivity index (χ4v) is 0.987. The van der Waals surface area contributed by atoms with Gasteiger partial charge >= 0.3 is 0 Å². The maximum atomic E-state index is 8.85. The van der Waals surface area contributed by atoms with Crippen molar-refractivity contribution in [2.75, 3.05) is 13.2 Å². The molecule has 0 saturated heterocycles. The van der Waals surface area contributed by atoms with Gasteiger partial charge in [0.25, 0.3) is 0 Å². The molecule has 0 atom stereocenters. The van der Waals surface area contributed by atoms with Crippen molar-refractivity contribution in [2.45, 2.75) is 6.92 Å². The van der Waals surface area contributed by atoms with Gasteiger partial charge in [0, 0.05) is 5.57 Å². The summed E-state index contributed by atoms with van der Waals surface area (Å²) in [5.41, 5.74) is 0.868. The molecule has 3 heteroatoms. The van der Waals surface area contributed by atoms with E-state index in [2.05, 4.69) is 11.6 Å². The molecule has 0 unspecified atom stereocenters. The van der Waals surface area contributed by atoms with Gasteiger partial charge < -0.3 is 9.84 Å². The number of aliphatic hydroxyl groups is 1. The number of ether oxygens (including phenoxy) is 1. The van der Waals surface area contributed by atoms with Crippen LogP contribution in [0.3, 0.4) is 0 Å². The average molecular weight is 179 g/mol. The fourth-order valence-electron chi connectivity index (χ4n) is 0.987. The SMILES string of the molecule is C=C(O)/C=C\C(=C/C)C1=NCCO1. The van der Waals surface area contributed by atoms with Crippen molar-refractivity contribution >= 4 is 5.90 Å². The lowest BCUT2D eigenvalue weighted by molar-refractivity contribution is 0.348. The summed E-state index contributed by atoms with van der Waals surface area (Å²) in [5, 5.41) is 8.85. The van der Waals surface area contributed by atoms with E-state index in [1.165, 1.54) is 6.08 Å². The molecule has 3 nitrogen and oxygen atoms in total. The van der Waals surface area contributed by atoms with Crippen LogP contribution in [-0.2, 0) is 4.74 Å². The maximum Gasteiger partial charge on any atom is 0.215 e. The third-order valence-corrected chi connectivity index (χ3v) is 1.60. The van der Waals surface area contributed by atoms with E-state index in [4.69, 9.17) is 9.84 Å². The van der Waals surface area contributed by atoms with Crippen molar-refractivity contribution in [3.63, 3.8) is 0 Å². The first kappa shape index (κ1) is 9.58. The van der Waals surface area contributed by atoms with E-state index >= 15 is 0 Å². The molecule has 1 heterocycles. The zero-order valence-electron chi connectivity index (χ0n) is 7.66. The van der Waals surface area contributed by atoms with Crippen molar-refractivity contribution in [3.05, 3.63) is 36.1 Å². The Morgan fingerprint density at radius 3 is 2.85 bits per heavy atom. The van der Waals surface area contributed by atoms with E-state index < -0.39 is 0 Å². The number of nitrogens with zero attached hydrogens (tertiary/aromatic N) is 1. The van der Waals surface area contributed by atoms with Crippen LogP contribution in [0.1, 0.15) is 6.92 Å². The summed E-state index contributed by atoms with van der Waals surface area (Å²) in [6.07, 6.45) is 5.12. The first-order valence-corrected chi connectivity index (χ1v) is 4.14. The Balaban J connectivity index is 2.69. The molecular weight excluding hydrogens is 166 g/mol. The molecular formula is C10H13NO2. The first-order valence-electron chi connectivity index (χ1n) is 4.14. The minimum atomic E-state index is 0.0259. The summed E-state index contributed by atoms with van der Waals surface area (Å²) in [5.74, 6) is 0.665. The second-order valence-corrected chi connectivity index (χ2v) is 2.60. The van der Waals surface area contributed by atoms with Crippen molar-refractivity contribution in [1.29, 1.82) is 0 Å². The van der Waals surface area contributed by atoms with Crippen LogP contribution in [-0.4, -0.2) is 24.2 Å². The predicted molar refractivity (Wildman–Crippen MR) is 52.9 cm³/mol. The Labute approximate surface area is 77.8 Å². The van der Waals surface area contributed by atoms with Crippen LogP contribution in [0, 0.1) is 0 Å². The number of hydrogen-bond acceptors (Lipinski definition) is 3. The lowest BCUT2D eigenvalue weighted by Crippen LogP contribution is -2.00. The highest BCUT2D eigenvalue weighted by Crippen LogP contribution is 2.08. The number of allylic oxidation sites excluding steroid dienone is 2. The molecule has 13 heavy (non-hydrogen) atoms. The number of aliphatic imine (C=N–C) groups is 1. The van der Waals surface area contributed by atoms with Crippen LogP contribution in [0.4, 0.5) is 0 Å². The Kier molecular flexibility index (Phi) is 3.31. The maximum absolute atomic E-state index is 8.85. The van der Waals surface area contributed by atoms with E-state index in [0.29, 0.717) is 19.0 Å². The lowest BCUT2D eigenvalue weighted by Gasteiger charge is -2.00. The normalized spacial score (nSPS) is 17.3. The molecule has 0 spiro atoms.